The van der Waals surface area contributed by atoms with Gasteiger partial charge in [0.25, 0.3) is 0 Å². The van der Waals surface area contributed by atoms with E-state index in [2.05, 4.69) is 15.2 Å². The average Bonchev–Trinajstić information content (AvgIpc) is 2.97. The number of rotatable bonds is 6. The second-order valence-electron chi connectivity index (χ2n) is 5.57. The van der Waals surface area contributed by atoms with Crippen LogP contribution < -0.4 is 5.32 Å². The van der Waals surface area contributed by atoms with Gasteiger partial charge in [0.15, 0.2) is 0 Å². The molecule has 1 fully saturated rings. The molecule has 0 bridgehead atoms. The molecule has 1 aromatic heterocycles. The summed E-state index contributed by atoms with van der Waals surface area (Å²) in [7, 11) is 4.06. The van der Waals surface area contributed by atoms with Gasteiger partial charge in [-0.3, -0.25) is 9.78 Å². The maximum absolute atomic E-state index is 12.6. The number of nitrogens with one attached hydrogen (secondary N) is 1. The van der Waals surface area contributed by atoms with Crippen LogP contribution in [-0.4, -0.2) is 60.5 Å². The lowest BCUT2D eigenvalue weighted by Gasteiger charge is -2.27. The Morgan fingerprint density at radius 3 is 2.90 bits per heavy atom. The normalized spacial score (nSPS) is 18.4. The highest BCUT2D eigenvalue weighted by atomic mass is 16.2. The third kappa shape index (κ3) is 4.28. The van der Waals surface area contributed by atoms with Crippen molar-refractivity contribution in [3.05, 3.63) is 30.1 Å². The van der Waals surface area contributed by atoms with Gasteiger partial charge in [0.05, 0.1) is 6.04 Å². The van der Waals surface area contributed by atoms with Gasteiger partial charge in [0.2, 0.25) is 5.91 Å². The summed E-state index contributed by atoms with van der Waals surface area (Å²) in [6.07, 6.45) is 5.63. The van der Waals surface area contributed by atoms with E-state index >= 15 is 0 Å². The molecule has 1 saturated heterocycles. The minimum Gasteiger partial charge on any atom is -0.336 e. The second-order valence-corrected chi connectivity index (χ2v) is 5.57. The highest BCUT2D eigenvalue weighted by Gasteiger charge is 2.26. The van der Waals surface area contributed by atoms with Gasteiger partial charge in [-0.1, -0.05) is 6.07 Å². The highest BCUT2D eigenvalue weighted by Crippen LogP contribution is 2.11. The maximum atomic E-state index is 12.6. The summed E-state index contributed by atoms with van der Waals surface area (Å²) in [4.78, 5) is 20.8. The Morgan fingerprint density at radius 1 is 1.45 bits per heavy atom. The van der Waals surface area contributed by atoms with Crippen LogP contribution in [0.15, 0.2) is 24.5 Å². The molecule has 0 saturated carbocycles. The van der Waals surface area contributed by atoms with Gasteiger partial charge in [-0.25, -0.2) is 0 Å². The predicted octanol–water partition coefficient (Wildman–Crippen LogP) is 0.724. The minimum absolute atomic E-state index is 0.00571. The number of hydrogen-bond donors (Lipinski definition) is 1. The number of carbonyl (C=O) groups excluding carboxylic acids is 1. The van der Waals surface area contributed by atoms with Crippen LogP contribution >= 0.6 is 0 Å². The molecule has 1 aliphatic heterocycles. The van der Waals surface area contributed by atoms with Crippen molar-refractivity contribution in [2.24, 2.45) is 0 Å². The number of nitrogens with zero attached hydrogens (tertiary/aromatic N) is 3. The fourth-order valence-electron chi connectivity index (χ4n) is 2.42. The van der Waals surface area contributed by atoms with Crippen molar-refractivity contribution in [3.8, 4) is 0 Å². The Labute approximate surface area is 121 Å². The average molecular weight is 276 g/mol. The van der Waals surface area contributed by atoms with E-state index < -0.39 is 0 Å². The fraction of sp³-hybridized carbons (Fsp3) is 0.600. The molecule has 1 atom stereocenters. The van der Waals surface area contributed by atoms with Crippen molar-refractivity contribution in [2.45, 2.75) is 25.4 Å². The number of carbonyl (C=O) groups is 1. The number of pyridine rings is 1. The summed E-state index contributed by atoms with van der Waals surface area (Å²) in [5.74, 6) is 0.216. The van der Waals surface area contributed by atoms with Gasteiger partial charge in [-0.05, 0) is 45.1 Å². The van der Waals surface area contributed by atoms with Crippen molar-refractivity contribution in [1.82, 2.24) is 20.1 Å². The van der Waals surface area contributed by atoms with Crippen molar-refractivity contribution < 1.29 is 4.79 Å². The van der Waals surface area contributed by atoms with Crippen molar-refractivity contribution >= 4 is 5.91 Å². The van der Waals surface area contributed by atoms with Crippen LogP contribution in [-0.2, 0) is 11.3 Å². The van der Waals surface area contributed by atoms with Crippen LogP contribution in [0.2, 0.25) is 0 Å². The second kappa shape index (κ2) is 7.36. The van der Waals surface area contributed by atoms with Gasteiger partial charge in [0, 0.05) is 32.0 Å². The summed E-state index contributed by atoms with van der Waals surface area (Å²) in [6.45, 7) is 3.21. The van der Waals surface area contributed by atoms with Crippen LogP contribution in [0, 0.1) is 0 Å². The zero-order valence-electron chi connectivity index (χ0n) is 12.4. The third-order valence-electron chi connectivity index (χ3n) is 3.58. The Morgan fingerprint density at radius 2 is 2.30 bits per heavy atom. The highest BCUT2D eigenvalue weighted by molar-refractivity contribution is 5.82. The van der Waals surface area contributed by atoms with E-state index in [4.69, 9.17) is 0 Å². The molecule has 0 unspecified atom stereocenters. The first-order chi connectivity index (χ1) is 9.66. The summed E-state index contributed by atoms with van der Waals surface area (Å²) in [6, 6.07) is 3.93. The Bertz CT molecular complexity index is 415. The SMILES string of the molecule is CN(C)CCN(Cc1cccnc1)C(=O)[C@@H]1CCCN1. The van der Waals surface area contributed by atoms with E-state index in [0.717, 1.165) is 38.0 Å². The molecule has 1 aliphatic rings. The van der Waals surface area contributed by atoms with Crippen LogP contribution in [0.1, 0.15) is 18.4 Å². The molecule has 2 rings (SSSR count). The molecule has 1 N–H and O–H groups in total. The lowest BCUT2D eigenvalue weighted by molar-refractivity contribution is -0.133. The Balaban J connectivity index is 2.01. The summed E-state index contributed by atoms with van der Waals surface area (Å²) < 4.78 is 0. The van der Waals surface area contributed by atoms with E-state index in [-0.39, 0.29) is 11.9 Å². The topological polar surface area (TPSA) is 48.5 Å². The minimum atomic E-state index is -0.00571. The summed E-state index contributed by atoms with van der Waals surface area (Å²) >= 11 is 0. The first-order valence-corrected chi connectivity index (χ1v) is 7.22. The van der Waals surface area contributed by atoms with Gasteiger partial charge >= 0.3 is 0 Å². The lowest BCUT2D eigenvalue weighted by atomic mass is 10.2. The molecule has 110 valence electrons. The van der Waals surface area contributed by atoms with Crippen molar-refractivity contribution in [3.63, 3.8) is 0 Å². The Kier molecular flexibility index (Phi) is 5.49. The number of aromatic nitrogens is 1. The van der Waals surface area contributed by atoms with E-state index in [9.17, 15) is 4.79 Å². The molecule has 0 radical (unpaired) electrons. The van der Waals surface area contributed by atoms with Crippen LogP contribution in [0.4, 0.5) is 0 Å². The molecule has 0 spiro atoms. The maximum Gasteiger partial charge on any atom is 0.240 e. The molecule has 2 heterocycles. The summed E-state index contributed by atoms with van der Waals surface area (Å²) in [5.41, 5.74) is 1.08. The third-order valence-corrected chi connectivity index (χ3v) is 3.58. The monoisotopic (exact) mass is 276 g/mol. The van der Waals surface area contributed by atoms with E-state index in [0.29, 0.717) is 6.54 Å². The van der Waals surface area contributed by atoms with Crippen molar-refractivity contribution in [1.29, 1.82) is 0 Å². The largest absolute Gasteiger partial charge is 0.336 e. The molecule has 5 nitrogen and oxygen atoms in total. The van der Waals surface area contributed by atoms with E-state index in [1.807, 2.05) is 37.3 Å². The Hall–Kier alpha value is -1.46. The number of likely N-dealkylation sites (N-methyl/N-ethyl adjacent to an activating group) is 1. The zero-order valence-corrected chi connectivity index (χ0v) is 12.4. The molecule has 5 heteroatoms. The van der Waals surface area contributed by atoms with Crippen LogP contribution in [0.3, 0.4) is 0 Å². The van der Waals surface area contributed by atoms with Gasteiger partial charge in [-0.15, -0.1) is 0 Å². The molecule has 1 amide bonds. The molecule has 20 heavy (non-hydrogen) atoms. The van der Waals surface area contributed by atoms with E-state index in [1.165, 1.54) is 0 Å². The van der Waals surface area contributed by atoms with Gasteiger partial charge in [-0.2, -0.15) is 0 Å². The lowest BCUT2D eigenvalue weighted by Crippen LogP contribution is -2.45. The van der Waals surface area contributed by atoms with Crippen LogP contribution in [0.5, 0.6) is 0 Å². The standard InChI is InChI=1S/C15H24N4O/c1-18(2)9-10-19(12-13-5-3-7-16-11-13)15(20)14-6-4-8-17-14/h3,5,7,11,14,17H,4,6,8-10,12H2,1-2H3/t14-/m0/s1. The first-order valence-electron chi connectivity index (χ1n) is 7.22. The van der Waals surface area contributed by atoms with Gasteiger partial charge < -0.3 is 15.1 Å². The predicted molar refractivity (Wildman–Crippen MR) is 79.2 cm³/mol. The zero-order chi connectivity index (χ0) is 14.4. The molecule has 0 aliphatic carbocycles. The van der Waals surface area contributed by atoms with Crippen molar-refractivity contribution in [2.75, 3.05) is 33.7 Å². The quantitative estimate of drug-likeness (QED) is 0.832. The molecule has 0 aromatic carbocycles. The molecular weight excluding hydrogens is 252 g/mol. The van der Waals surface area contributed by atoms with Crippen LogP contribution in [0.25, 0.3) is 0 Å². The summed E-state index contributed by atoms with van der Waals surface area (Å²) in [5, 5.41) is 3.29. The molecule has 1 aromatic rings. The molecular formula is C15H24N4O. The number of hydrogen-bond acceptors (Lipinski definition) is 4. The fourth-order valence-corrected chi connectivity index (χ4v) is 2.42. The smallest absolute Gasteiger partial charge is 0.240 e. The van der Waals surface area contributed by atoms with Gasteiger partial charge in [0.1, 0.15) is 0 Å². The van der Waals surface area contributed by atoms with E-state index in [1.54, 1.807) is 6.20 Å². The number of amides is 1. The first kappa shape index (κ1) is 14.9.